The Bertz CT molecular complexity index is 396. The van der Waals surface area contributed by atoms with Gasteiger partial charge in [-0.3, -0.25) is 9.59 Å². The minimum Gasteiger partial charge on any atom is -0.393 e. The van der Waals surface area contributed by atoms with Crippen molar-refractivity contribution in [3.8, 4) is 0 Å². The minimum absolute atomic E-state index is 0.144. The van der Waals surface area contributed by atoms with Crippen LogP contribution in [0.15, 0.2) is 11.6 Å². The maximum absolute atomic E-state index is 11.7. The summed E-state index contributed by atoms with van der Waals surface area (Å²) in [5.74, 6) is -0.261. The normalized spacial score (nSPS) is 38.3. The van der Waals surface area contributed by atoms with E-state index < -0.39 is 0 Å². The molecule has 0 radical (unpaired) electrons. The van der Waals surface area contributed by atoms with Gasteiger partial charge in [-0.2, -0.15) is 0 Å². The largest absolute Gasteiger partial charge is 0.393 e. The van der Waals surface area contributed by atoms with E-state index in [1.54, 1.807) is 0 Å². The fourth-order valence-electron chi connectivity index (χ4n) is 3.77. The van der Waals surface area contributed by atoms with Crippen molar-refractivity contribution in [3.63, 3.8) is 0 Å². The van der Waals surface area contributed by atoms with E-state index in [9.17, 15) is 9.59 Å². The molecule has 4 unspecified atom stereocenters. The summed E-state index contributed by atoms with van der Waals surface area (Å²) in [4.78, 5) is 23.2. The molecule has 3 nitrogen and oxygen atoms in total. The van der Waals surface area contributed by atoms with Gasteiger partial charge in [-0.25, -0.2) is 0 Å². The van der Waals surface area contributed by atoms with Crippen molar-refractivity contribution in [2.75, 3.05) is 0 Å². The fraction of sp³-hybridized carbons (Fsp3) is 0.714. The highest BCUT2D eigenvalue weighted by atomic mass is 16.6. The van der Waals surface area contributed by atoms with Crippen molar-refractivity contribution < 1.29 is 14.3 Å². The Labute approximate surface area is 101 Å². The number of ether oxygens (including phenoxy) is 1. The SMILES string of the molecule is CCCCCC1=CC2CC1C1C(=O)OC(=O)C21. The maximum atomic E-state index is 11.7. The van der Waals surface area contributed by atoms with Gasteiger partial charge in [0.2, 0.25) is 0 Å². The van der Waals surface area contributed by atoms with Gasteiger partial charge in [-0.05, 0) is 31.1 Å². The number of rotatable bonds is 4. The number of allylic oxidation sites excluding steroid dienone is 2. The zero-order valence-electron chi connectivity index (χ0n) is 10.1. The Morgan fingerprint density at radius 1 is 1.24 bits per heavy atom. The van der Waals surface area contributed by atoms with E-state index in [4.69, 9.17) is 4.74 Å². The monoisotopic (exact) mass is 234 g/mol. The van der Waals surface area contributed by atoms with E-state index in [1.165, 1.54) is 24.8 Å². The number of carbonyl (C=O) groups is 2. The molecule has 1 saturated carbocycles. The Balaban J connectivity index is 1.74. The smallest absolute Gasteiger partial charge is 0.318 e. The second kappa shape index (κ2) is 3.97. The molecule has 1 saturated heterocycles. The van der Waals surface area contributed by atoms with E-state index in [-0.39, 0.29) is 29.7 Å². The summed E-state index contributed by atoms with van der Waals surface area (Å²) in [6.45, 7) is 2.19. The molecule has 0 aromatic carbocycles. The van der Waals surface area contributed by atoms with Crippen molar-refractivity contribution in [3.05, 3.63) is 11.6 Å². The van der Waals surface area contributed by atoms with Crippen LogP contribution in [0.2, 0.25) is 0 Å². The van der Waals surface area contributed by atoms with Crippen LogP contribution in [0, 0.1) is 23.7 Å². The van der Waals surface area contributed by atoms with E-state index in [0.717, 1.165) is 12.8 Å². The summed E-state index contributed by atoms with van der Waals surface area (Å²) in [5.41, 5.74) is 1.41. The molecular weight excluding hydrogens is 216 g/mol. The maximum Gasteiger partial charge on any atom is 0.318 e. The molecule has 2 bridgehead atoms. The molecule has 17 heavy (non-hydrogen) atoms. The van der Waals surface area contributed by atoms with Crippen LogP contribution in [-0.4, -0.2) is 11.9 Å². The summed E-state index contributed by atoms with van der Waals surface area (Å²) in [6.07, 6.45) is 8.00. The predicted octanol–water partition coefficient (Wildman–Crippen LogP) is 2.46. The van der Waals surface area contributed by atoms with Crippen molar-refractivity contribution in [1.82, 2.24) is 0 Å². The number of carbonyl (C=O) groups excluding carboxylic acids is 2. The average Bonchev–Trinajstić information content (AvgIpc) is 2.92. The number of esters is 2. The molecule has 3 heteroatoms. The zero-order valence-corrected chi connectivity index (χ0v) is 10.1. The Kier molecular flexibility index (Phi) is 2.57. The van der Waals surface area contributed by atoms with Crippen LogP contribution < -0.4 is 0 Å². The Morgan fingerprint density at radius 2 is 2.00 bits per heavy atom. The van der Waals surface area contributed by atoms with Crippen LogP contribution in [0.1, 0.15) is 39.0 Å². The molecule has 2 aliphatic carbocycles. The van der Waals surface area contributed by atoms with Crippen LogP contribution in [0.4, 0.5) is 0 Å². The van der Waals surface area contributed by atoms with Gasteiger partial charge < -0.3 is 4.74 Å². The van der Waals surface area contributed by atoms with Crippen molar-refractivity contribution in [2.45, 2.75) is 39.0 Å². The third-order valence-corrected chi connectivity index (χ3v) is 4.53. The topological polar surface area (TPSA) is 43.4 Å². The van der Waals surface area contributed by atoms with Crippen LogP contribution in [-0.2, 0) is 14.3 Å². The van der Waals surface area contributed by atoms with Gasteiger partial charge >= 0.3 is 11.9 Å². The molecule has 0 spiro atoms. The van der Waals surface area contributed by atoms with E-state index in [0.29, 0.717) is 5.92 Å². The summed E-state index contributed by atoms with van der Waals surface area (Å²) in [6, 6.07) is 0. The molecule has 4 atom stereocenters. The number of cyclic esters (lactones) is 2. The van der Waals surface area contributed by atoms with E-state index in [2.05, 4.69) is 13.0 Å². The number of hydrogen-bond acceptors (Lipinski definition) is 3. The van der Waals surface area contributed by atoms with Gasteiger partial charge in [0.05, 0.1) is 11.8 Å². The summed E-state index contributed by atoms with van der Waals surface area (Å²) in [5, 5.41) is 0. The van der Waals surface area contributed by atoms with Crippen molar-refractivity contribution in [1.29, 1.82) is 0 Å². The first-order valence-electron chi connectivity index (χ1n) is 6.68. The molecule has 3 aliphatic rings. The van der Waals surface area contributed by atoms with E-state index >= 15 is 0 Å². The predicted molar refractivity (Wildman–Crippen MR) is 61.9 cm³/mol. The van der Waals surface area contributed by atoms with Gasteiger partial charge in [-0.15, -0.1) is 0 Å². The van der Waals surface area contributed by atoms with Gasteiger partial charge in [0.15, 0.2) is 0 Å². The highest BCUT2D eigenvalue weighted by Crippen LogP contribution is 2.55. The quantitative estimate of drug-likeness (QED) is 0.325. The number of hydrogen-bond donors (Lipinski definition) is 0. The average molecular weight is 234 g/mol. The molecule has 0 N–H and O–H groups in total. The van der Waals surface area contributed by atoms with Crippen LogP contribution in [0.5, 0.6) is 0 Å². The molecule has 0 amide bonds. The third-order valence-electron chi connectivity index (χ3n) is 4.53. The van der Waals surface area contributed by atoms with Crippen LogP contribution in [0.3, 0.4) is 0 Å². The molecule has 92 valence electrons. The first-order chi connectivity index (χ1) is 8.22. The second-order valence-electron chi connectivity index (χ2n) is 5.50. The summed E-state index contributed by atoms with van der Waals surface area (Å²) < 4.78 is 4.77. The lowest BCUT2D eigenvalue weighted by molar-refractivity contribution is -0.154. The van der Waals surface area contributed by atoms with Crippen LogP contribution in [0.25, 0.3) is 0 Å². The fourth-order valence-corrected chi connectivity index (χ4v) is 3.77. The first-order valence-corrected chi connectivity index (χ1v) is 6.68. The van der Waals surface area contributed by atoms with Gasteiger partial charge in [0.1, 0.15) is 0 Å². The summed E-state index contributed by atoms with van der Waals surface area (Å²) >= 11 is 0. The lowest BCUT2D eigenvalue weighted by Gasteiger charge is -2.20. The lowest BCUT2D eigenvalue weighted by Crippen LogP contribution is -2.24. The third kappa shape index (κ3) is 1.55. The Hall–Kier alpha value is -1.12. The molecule has 1 aliphatic heterocycles. The number of unbranched alkanes of at least 4 members (excludes halogenated alkanes) is 2. The van der Waals surface area contributed by atoms with Crippen LogP contribution >= 0.6 is 0 Å². The summed E-state index contributed by atoms with van der Waals surface area (Å²) in [7, 11) is 0. The number of fused-ring (bicyclic) bond motifs is 5. The molecule has 1 heterocycles. The van der Waals surface area contributed by atoms with Gasteiger partial charge in [0, 0.05) is 0 Å². The highest BCUT2D eigenvalue weighted by Gasteiger charge is 2.59. The lowest BCUT2D eigenvalue weighted by atomic mass is 9.80. The zero-order chi connectivity index (χ0) is 12.0. The highest BCUT2D eigenvalue weighted by molar-refractivity contribution is 5.98. The molecular formula is C14H18O3. The standard InChI is InChI=1S/C14H18O3/c1-2-3-4-5-8-6-9-7-10(8)12-11(9)13(15)17-14(12)16/h6,9-12H,2-5,7H2,1H3. The second-order valence-corrected chi connectivity index (χ2v) is 5.50. The Morgan fingerprint density at radius 3 is 2.76 bits per heavy atom. The van der Waals surface area contributed by atoms with Crippen molar-refractivity contribution in [2.24, 2.45) is 23.7 Å². The first kappa shape index (κ1) is 11.0. The minimum atomic E-state index is -0.281. The molecule has 0 aromatic rings. The van der Waals surface area contributed by atoms with Crippen molar-refractivity contribution >= 4 is 11.9 Å². The molecule has 3 rings (SSSR count). The van der Waals surface area contributed by atoms with Gasteiger partial charge in [0.25, 0.3) is 0 Å². The molecule has 0 aromatic heterocycles. The van der Waals surface area contributed by atoms with E-state index in [1.807, 2.05) is 0 Å². The van der Waals surface area contributed by atoms with Gasteiger partial charge in [-0.1, -0.05) is 31.4 Å². The molecule has 2 fully saturated rings.